The first-order valence-corrected chi connectivity index (χ1v) is 5.26. The van der Waals surface area contributed by atoms with E-state index >= 15 is 0 Å². The molecule has 0 bridgehead atoms. The van der Waals surface area contributed by atoms with Gasteiger partial charge in [-0.15, -0.1) is 0 Å². The molecule has 5 heteroatoms. The summed E-state index contributed by atoms with van der Waals surface area (Å²) in [6.45, 7) is 0.161. The van der Waals surface area contributed by atoms with Crippen molar-refractivity contribution in [1.29, 1.82) is 0 Å². The molecule has 3 rings (SSSR count). The molecule has 80 valence electrons. The molecule has 1 atom stereocenters. The normalized spacial score (nSPS) is 28.7. The van der Waals surface area contributed by atoms with Crippen LogP contribution >= 0.6 is 0 Å². The molecule has 15 heavy (non-hydrogen) atoms. The van der Waals surface area contributed by atoms with Crippen LogP contribution in [-0.2, 0) is 14.0 Å². The van der Waals surface area contributed by atoms with Gasteiger partial charge in [0.15, 0.2) is 0 Å². The maximum atomic E-state index is 5.58. The van der Waals surface area contributed by atoms with E-state index in [1.165, 1.54) is 5.56 Å². The van der Waals surface area contributed by atoms with E-state index in [9.17, 15) is 0 Å². The lowest BCUT2D eigenvalue weighted by Gasteiger charge is -2.28. The zero-order chi connectivity index (χ0) is 10.1. The second-order valence-corrected chi connectivity index (χ2v) is 3.85. The van der Waals surface area contributed by atoms with Crippen LogP contribution in [0.1, 0.15) is 11.6 Å². The Morgan fingerprint density at radius 1 is 1.07 bits per heavy atom. The van der Waals surface area contributed by atoms with Crippen molar-refractivity contribution in [2.24, 2.45) is 0 Å². The minimum Gasteiger partial charge on any atom is -0.529 e. The molecule has 2 aliphatic rings. The number of rotatable bonds is 1. The number of hydrogen-bond acceptors (Lipinski definition) is 4. The third-order valence-electron chi connectivity index (χ3n) is 2.85. The molecule has 0 aliphatic carbocycles. The first-order valence-electron chi connectivity index (χ1n) is 5.26. The van der Waals surface area contributed by atoms with E-state index in [0.717, 1.165) is 0 Å². The highest BCUT2D eigenvalue weighted by molar-refractivity contribution is 6.59. The Morgan fingerprint density at radius 2 is 1.80 bits per heavy atom. The molecule has 0 amide bonds. The Hall–Kier alpha value is -0.875. The van der Waals surface area contributed by atoms with E-state index in [-0.39, 0.29) is 6.04 Å². The van der Waals surface area contributed by atoms with Gasteiger partial charge in [0, 0.05) is 25.9 Å². The topological polar surface area (TPSA) is 39.7 Å². The summed E-state index contributed by atoms with van der Waals surface area (Å²) in [5.41, 5.74) is 1.20. The van der Waals surface area contributed by atoms with E-state index in [4.69, 9.17) is 14.0 Å². The second kappa shape index (κ2) is 3.61. The van der Waals surface area contributed by atoms with Crippen LogP contribution in [0.25, 0.3) is 0 Å². The van der Waals surface area contributed by atoms with Gasteiger partial charge in [0.1, 0.15) is 0 Å². The Morgan fingerprint density at radius 3 is 2.53 bits per heavy atom. The average Bonchev–Trinajstić information content (AvgIpc) is 2.91. The molecule has 1 spiro atoms. The summed E-state index contributed by atoms with van der Waals surface area (Å²) in [5.74, 6) is 0. The maximum Gasteiger partial charge on any atom is 0.461 e. The molecule has 2 fully saturated rings. The summed E-state index contributed by atoms with van der Waals surface area (Å²) in [7, 11) is 0. The molecular formula is C10H13BNO3-. The summed E-state index contributed by atoms with van der Waals surface area (Å²) >= 11 is 0. The minimum absolute atomic E-state index is 0.171. The lowest BCUT2D eigenvalue weighted by Crippen LogP contribution is -2.49. The first kappa shape index (κ1) is 9.36. The number of benzene rings is 1. The van der Waals surface area contributed by atoms with Crippen molar-refractivity contribution in [3.8, 4) is 0 Å². The standard InChI is InChI=1S/C10H13BNO3/c1-2-4-9(5-3-1)10-8-15-11(12-10)13-6-7-14-11/h1-5,10,12H,6-8H2/q-1/t10-/m0/s1. The van der Waals surface area contributed by atoms with E-state index < -0.39 is 6.89 Å². The van der Waals surface area contributed by atoms with Gasteiger partial charge in [0.25, 0.3) is 0 Å². The Bertz CT molecular complexity index is 340. The van der Waals surface area contributed by atoms with Gasteiger partial charge in [-0.2, -0.15) is 0 Å². The highest BCUT2D eigenvalue weighted by Crippen LogP contribution is 2.26. The van der Waals surface area contributed by atoms with Gasteiger partial charge in [-0.05, 0) is 5.56 Å². The van der Waals surface area contributed by atoms with Crippen LogP contribution in [0.2, 0.25) is 0 Å². The fourth-order valence-electron chi connectivity index (χ4n) is 2.09. The quantitative estimate of drug-likeness (QED) is 0.690. The van der Waals surface area contributed by atoms with Gasteiger partial charge >= 0.3 is 6.89 Å². The minimum atomic E-state index is -1.65. The summed E-state index contributed by atoms with van der Waals surface area (Å²) in [6.07, 6.45) is 0. The molecule has 4 nitrogen and oxygen atoms in total. The van der Waals surface area contributed by atoms with Crippen LogP contribution in [0.5, 0.6) is 0 Å². The smallest absolute Gasteiger partial charge is 0.461 e. The van der Waals surface area contributed by atoms with Crippen LogP contribution in [-0.4, -0.2) is 26.7 Å². The second-order valence-electron chi connectivity index (χ2n) is 3.85. The molecule has 0 radical (unpaired) electrons. The first-order chi connectivity index (χ1) is 7.38. The fraction of sp³-hybridized carbons (Fsp3) is 0.400. The molecular weight excluding hydrogens is 193 g/mol. The molecule has 2 saturated heterocycles. The SMILES string of the molecule is c1ccc([C@@H]2CO[B-]3(N2)OCCO3)cc1. The molecule has 0 saturated carbocycles. The predicted octanol–water partition coefficient (Wildman–Crippen LogP) is 0.830. The van der Waals surface area contributed by atoms with E-state index in [1.807, 2.05) is 18.2 Å². The zero-order valence-electron chi connectivity index (χ0n) is 8.39. The maximum absolute atomic E-state index is 5.58. The van der Waals surface area contributed by atoms with Gasteiger partial charge in [0.2, 0.25) is 0 Å². The predicted molar refractivity (Wildman–Crippen MR) is 55.9 cm³/mol. The fourth-order valence-corrected chi connectivity index (χ4v) is 2.09. The molecule has 2 heterocycles. The highest BCUT2D eigenvalue weighted by Gasteiger charge is 2.41. The van der Waals surface area contributed by atoms with E-state index in [0.29, 0.717) is 19.8 Å². The molecule has 0 aromatic heterocycles. The summed E-state index contributed by atoms with van der Waals surface area (Å²) in [5, 5.41) is 3.28. The summed E-state index contributed by atoms with van der Waals surface area (Å²) < 4.78 is 16.5. The molecule has 0 unspecified atom stereocenters. The van der Waals surface area contributed by atoms with Crippen LogP contribution in [0.4, 0.5) is 0 Å². The molecule has 1 aromatic rings. The van der Waals surface area contributed by atoms with Gasteiger partial charge in [-0.3, -0.25) is 0 Å². The van der Waals surface area contributed by atoms with Gasteiger partial charge in [-0.25, -0.2) is 0 Å². The molecule has 1 aromatic carbocycles. The van der Waals surface area contributed by atoms with E-state index in [2.05, 4.69) is 17.4 Å². The van der Waals surface area contributed by atoms with Crippen LogP contribution < -0.4 is 5.23 Å². The van der Waals surface area contributed by atoms with Crippen molar-refractivity contribution in [3.63, 3.8) is 0 Å². The number of nitrogens with one attached hydrogen (secondary N) is 1. The van der Waals surface area contributed by atoms with Crippen molar-refractivity contribution in [1.82, 2.24) is 5.23 Å². The van der Waals surface area contributed by atoms with Crippen molar-refractivity contribution < 1.29 is 14.0 Å². The van der Waals surface area contributed by atoms with Crippen molar-refractivity contribution >= 4 is 6.89 Å². The van der Waals surface area contributed by atoms with Gasteiger partial charge in [0.05, 0.1) is 0 Å². The van der Waals surface area contributed by atoms with Crippen LogP contribution in [0.15, 0.2) is 30.3 Å². The van der Waals surface area contributed by atoms with Crippen LogP contribution in [0.3, 0.4) is 0 Å². The molecule has 1 N–H and O–H groups in total. The summed E-state index contributed by atoms with van der Waals surface area (Å²) in [4.78, 5) is 0. The van der Waals surface area contributed by atoms with Crippen molar-refractivity contribution in [2.45, 2.75) is 6.04 Å². The van der Waals surface area contributed by atoms with Gasteiger partial charge in [-0.1, -0.05) is 30.3 Å². The Labute approximate surface area is 88.6 Å². The van der Waals surface area contributed by atoms with E-state index in [1.54, 1.807) is 0 Å². The zero-order valence-corrected chi connectivity index (χ0v) is 8.39. The number of hydrogen-bond donors (Lipinski definition) is 1. The lowest BCUT2D eigenvalue weighted by molar-refractivity contribution is 0.170. The largest absolute Gasteiger partial charge is 0.529 e. The van der Waals surface area contributed by atoms with Gasteiger partial charge < -0.3 is 19.2 Å². The lowest BCUT2D eigenvalue weighted by atomic mass is 9.97. The van der Waals surface area contributed by atoms with Crippen molar-refractivity contribution in [3.05, 3.63) is 35.9 Å². The average molecular weight is 206 g/mol. The van der Waals surface area contributed by atoms with Crippen LogP contribution in [0, 0.1) is 0 Å². The van der Waals surface area contributed by atoms with Crippen molar-refractivity contribution in [2.75, 3.05) is 19.8 Å². The highest BCUT2D eigenvalue weighted by atomic mass is 16.8. The third kappa shape index (κ3) is 1.68. The molecule has 2 aliphatic heterocycles. The summed E-state index contributed by atoms with van der Waals surface area (Å²) in [6, 6.07) is 10.4. The third-order valence-corrected chi connectivity index (χ3v) is 2.85. The Balaban J connectivity index is 1.76. The Kier molecular flexibility index (Phi) is 2.25. The monoisotopic (exact) mass is 206 g/mol.